The van der Waals surface area contributed by atoms with E-state index in [-0.39, 0.29) is 11.0 Å². The third-order valence-corrected chi connectivity index (χ3v) is 3.10. The second-order valence-electron chi connectivity index (χ2n) is 5.81. The predicted molar refractivity (Wildman–Crippen MR) is 82.3 cm³/mol. The van der Waals surface area contributed by atoms with E-state index >= 15 is 0 Å². The highest BCUT2D eigenvalue weighted by atomic mass is 16.4. The van der Waals surface area contributed by atoms with Crippen LogP contribution >= 0.6 is 0 Å². The van der Waals surface area contributed by atoms with Crippen LogP contribution in [0.3, 0.4) is 0 Å². The Hall–Kier alpha value is -2.60. The molecule has 0 amide bonds. The van der Waals surface area contributed by atoms with Gasteiger partial charge in [0.1, 0.15) is 5.69 Å². The summed E-state index contributed by atoms with van der Waals surface area (Å²) in [5.41, 5.74) is 3.01. The first-order valence-corrected chi connectivity index (χ1v) is 6.68. The SMILES string of the molecule is CC(C)(C)c1ccc(C#Cc2ccc(C(=O)O)cn2)cc1. The molecule has 2 rings (SSSR count). The van der Waals surface area contributed by atoms with Crippen molar-refractivity contribution in [1.82, 2.24) is 4.98 Å². The molecule has 21 heavy (non-hydrogen) atoms. The molecule has 0 bridgehead atoms. The van der Waals surface area contributed by atoms with Crippen LogP contribution in [0.2, 0.25) is 0 Å². The lowest BCUT2D eigenvalue weighted by Gasteiger charge is -2.18. The zero-order valence-corrected chi connectivity index (χ0v) is 12.3. The maximum absolute atomic E-state index is 10.7. The summed E-state index contributed by atoms with van der Waals surface area (Å²) in [4.78, 5) is 14.7. The van der Waals surface area contributed by atoms with Gasteiger partial charge in [-0.15, -0.1) is 0 Å². The number of benzene rings is 1. The van der Waals surface area contributed by atoms with Crippen molar-refractivity contribution >= 4 is 5.97 Å². The molecule has 0 aliphatic heterocycles. The summed E-state index contributed by atoms with van der Waals surface area (Å²) in [6.45, 7) is 6.50. The zero-order valence-electron chi connectivity index (χ0n) is 12.3. The molecular formula is C18H17NO2. The van der Waals surface area contributed by atoms with Crippen LogP contribution < -0.4 is 0 Å². The Kier molecular flexibility index (Phi) is 4.09. The second kappa shape index (κ2) is 5.80. The van der Waals surface area contributed by atoms with Crippen molar-refractivity contribution in [3.63, 3.8) is 0 Å². The van der Waals surface area contributed by atoms with Crippen LogP contribution in [0.4, 0.5) is 0 Å². The van der Waals surface area contributed by atoms with Crippen molar-refractivity contribution in [3.8, 4) is 11.8 Å². The predicted octanol–water partition coefficient (Wildman–Crippen LogP) is 3.48. The highest BCUT2D eigenvalue weighted by Gasteiger charge is 2.12. The van der Waals surface area contributed by atoms with Crippen LogP contribution in [-0.4, -0.2) is 16.1 Å². The van der Waals surface area contributed by atoms with E-state index in [4.69, 9.17) is 5.11 Å². The van der Waals surface area contributed by atoms with Crippen LogP contribution in [-0.2, 0) is 5.41 Å². The van der Waals surface area contributed by atoms with Gasteiger partial charge >= 0.3 is 5.97 Å². The summed E-state index contributed by atoms with van der Waals surface area (Å²) in [5, 5.41) is 8.80. The summed E-state index contributed by atoms with van der Waals surface area (Å²) < 4.78 is 0. The van der Waals surface area contributed by atoms with Crippen LogP contribution in [0.5, 0.6) is 0 Å². The number of aromatic nitrogens is 1. The smallest absolute Gasteiger partial charge is 0.337 e. The normalized spacial score (nSPS) is 10.6. The van der Waals surface area contributed by atoms with Crippen LogP contribution in [0.15, 0.2) is 42.6 Å². The van der Waals surface area contributed by atoms with E-state index in [9.17, 15) is 4.79 Å². The molecular weight excluding hydrogens is 262 g/mol. The number of nitrogens with zero attached hydrogens (tertiary/aromatic N) is 1. The molecule has 0 saturated carbocycles. The van der Waals surface area contributed by atoms with Crippen molar-refractivity contribution in [2.24, 2.45) is 0 Å². The van der Waals surface area contributed by atoms with Crippen molar-refractivity contribution in [2.45, 2.75) is 26.2 Å². The quantitative estimate of drug-likeness (QED) is 0.813. The highest BCUT2D eigenvalue weighted by Crippen LogP contribution is 2.21. The Morgan fingerprint density at radius 2 is 1.71 bits per heavy atom. The van der Waals surface area contributed by atoms with Crippen LogP contribution in [0, 0.1) is 11.8 Å². The fraction of sp³-hybridized carbons (Fsp3) is 0.222. The molecule has 0 aliphatic rings. The molecule has 106 valence electrons. The summed E-state index contributed by atoms with van der Waals surface area (Å²) in [6, 6.07) is 11.2. The lowest BCUT2D eigenvalue weighted by molar-refractivity contribution is 0.0696. The van der Waals surface area contributed by atoms with Gasteiger partial charge in [0.15, 0.2) is 0 Å². The van der Waals surface area contributed by atoms with E-state index in [1.54, 1.807) is 6.07 Å². The molecule has 3 nitrogen and oxygen atoms in total. The maximum atomic E-state index is 10.7. The van der Waals surface area contributed by atoms with Crippen molar-refractivity contribution in [1.29, 1.82) is 0 Å². The molecule has 0 atom stereocenters. The number of carboxylic acid groups (broad SMARTS) is 1. The van der Waals surface area contributed by atoms with Gasteiger partial charge in [-0.25, -0.2) is 9.78 Å². The average molecular weight is 279 g/mol. The number of rotatable bonds is 1. The summed E-state index contributed by atoms with van der Waals surface area (Å²) in [7, 11) is 0. The standard InChI is InChI=1S/C18H17NO2/c1-18(2,3)15-8-4-13(5-9-15)6-10-16-11-7-14(12-19-16)17(20)21/h4-5,7-9,11-12H,1-3H3,(H,20,21). The molecule has 1 heterocycles. The van der Waals surface area contributed by atoms with Gasteiger partial charge in [0.25, 0.3) is 0 Å². The van der Waals surface area contributed by atoms with E-state index in [0.29, 0.717) is 5.69 Å². The van der Waals surface area contributed by atoms with Gasteiger partial charge < -0.3 is 5.11 Å². The average Bonchev–Trinajstić information content (AvgIpc) is 2.45. The number of aromatic carboxylic acids is 1. The molecule has 2 aromatic rings. The summed E-state index contributed by atoms with van der Waals surface area (Å²) in [5.74, 6) is 4.97. The van der Waals surface area contributed by atoms with Gasteiger partial charge in [-0.1, -0.05) is 38.8 Å². The first kappa shape index (κ1) is 14.8. The fourth-order valence-corrected chi connectivity index (χ4v) is 1.78. The molecule has 0 fully saturated rings. The molecule has 0 saturated heterocycles. The molecule has 0 unspecified atom stereocenters. The minimum Gasteiger partial charge on any atom is -0.478 e. The molecule has 3 heteroatoms. The first-order chi connectivity index (χ1) is 9.86. The molecule has 1 aromatic heterocycles. The van der Waals surface area contributed by atoms with Gasteiger partial charge in [-0.3, -0.25) is 0 Å². The Morgan fingerprint density at radius 1 is 1.05 bits per heavy atom. The van der Waals surface area contributed by atoms with Crippen LogP contribution in [0.1, 0.15) is 48.0 Å². The number of hydrogen-bond donors (Lipinski definition) is 1. The lowest BCUT2D eigenvalue weighted by Crippen LogP contribution is -2.10. The van der Waals surface area contributed by atoms with Gasteiger partial charge in [0, 0.05) is 11.8 Å². The minimum absolute atomic E-state index is 0.125. The number of carbonyl (C=O) groups is 1. The largest absolute Gasteiger partial charge is 0.478 e. The van der Waals surface area contributed by atoms with E-state index in [0.717, 1.165) is 5.56 Å². The van der Waals surface area contributed by atoms with Crippen molar-refractivity contribution in [2.75, 3.05) is 0 Å². The van der Waals surface area contributed by atoms with Gasteiger partial charge in [-0.2, -0.15) is 0 Å². The number of hydrogen-bond acceptors (Lipinski definition) is 2. The lowest BCUT2D eigenvalue weighted by atomic mass is 9.87. The first-order valence-electron chi connectivity index (χ1n) is 6.68. The van der Waals surface area contributed by atoms with E-state index in [1.807, 2.05) is 12.1 Å². The van der Waals surface area contributed by atoms with E-state index in [1.165, 1.54) is 17.8 Å². The molecule has 1 N–H and O–H groups in total. The number of carboxylic acids is 1. The fourth-order valence-electron chi connectivity index (χ4n) is 1.78. The Bertz CT molecular complexity index is 696. The van der Waals surface area contributed by atoms with Gasteiger partial charge in [0.05, 0.1) is 5.56 Å². The summed E-state index contributed by atoms with van der Waals surface area (Å²) >= 11 is 0. The third kappa shape index (κ3) is 3.93. The van der Waals surface area contributed by atoms with Crippen LogP contribution in [0.25, 0.3) is 0 Å². The highest BCUT2D eigenvalue weighted by molar-refractivity contribution is 5.87. The topological polar surface area (TPSA) is 50.2 Å². The van der Waals surface area contributed by atoms with Crippen molar-refractivity contribution in [3.05, 3.63) is 65.0 Å². The molecule has 0 aliphatic carbocycles. The third-order valence-electron chi connectivity index (χ3n) is 3.10. The van der Waals surface area contributed by atoms with E-state index < -0.39 is 5.97 Å². The Labute approximate surface area is 124 Å². The second-order valence-corrected chi connectivity index (χ2v) is 5.81. The minimum atomic E-state index is -0.986. The molecule has 1 aromatic carbocycles. The van der Waals surface area contributed by atoms with Gasteiger partial charge in [0.2, 0.25) is 0 Å². The number of pyridine rings is 1. The zero-order chi connectivity index (χ0) is 15.5. The summed E-state index contributed by atoms with van der Waals surface area (Å²) in [6.07, 6.45) is 1.31. The monoisotopic (exact) mass is 279 g/mol. The Morgan fingerprint density at radius 3 is 2.19 bits per heavy atom. The Balaban J connectivity index is 2.17. The molecule has 0 radical (unpaired) electrons. The van der Waals surface area contributed by atoms with Gasteiger partial charge in [-0.05, 0) is 41.2 Å². The molecule has 0 spiro atoms. The maximum Gasteiger partial charge on any atom is 0.337 e. The van der Waals surface area contributed by atoms with Crippen molar-refractivity contribution < 1.29 is 9.90 Å². The van der Waals surface area contributed by atoms with E-state index in [2.05, 4.69) is 49.7 Å².